The number of rotatable bonds is 4. The van der Waals surface area contributed by atoms with Crippen LogP contribution in [0.4, 0.5) is 5.82 Å². The molecule has 5 heteroatoms. The van der Waals surface area contributed by atoms with E-state index in [1.807, 2.05) is 13.0 Å². The highest BCUT2D eigenvalue weighted by molar-refractivity contribution is 5.87. The van der Waals surface area contributed by atoms with Crippen LogP contribution in [0.25, 0.3) is 10.9 Å². The van der Waals surface area contributed by atoms with Gasteiger partial charge >= 0.3 is 0 Å². The minimum Gasteiger partial charge on any atom is -0.385 e. The van der Waals surface area contributed by atoms with Crippen molar-refractivity contribution in [3.8, 4) is 0 Å². The van der Waals surface area contributed by atoms with Crippen molar-refractivity contribution in [2.75, 3.05) is 12.3 Å². The molecule has 0 radical (unpaired) electrons. The SMILES string of the molecule is CCOOCc1c(N)[nH]c2cnccc12. The number of H-pyrrole nitrogens is 1. The molecule has 2 heterocycles. The lowest BCUT2D eigenvalue weighted by molar-refractivity contribution is -0.300. The lowest BCUT2D eigenvalue weighted by atomic mass is 10.2. The Morgan fingerprint density at radius 2 is 2.33 bits per heavy atom. The Kier molecular flexibility index (Phi) is 2.84. The molecule has 0 aliphatic rings. The van der Waals surface area contributed by atoms with Crippen molar-refractivity contribution in [1.29, 1.82) is 0 Å². The van der Waals surface area contributed by atoms with Crippen LogP contribution in [0.3, 0.4) is 0 Å². The third kappa shape index (κ3) is 1.93. The fourth-order valence-corrected chi connectivity index (χ4v) is 1.46. The van der Waals surface area contributed by atoms with Gasteiger partial charge in [0.1, 0.15) is 12.4 Å². The van der Waals surface area contributed by atoms with Crippen LogP contribution in [0.1, 0.15) is 12.5 Å². The number of aromatic nitrogens is 2. The maximum atomic E-state index is 5.82. The summed E-state index contributed by atoms with van der Waals surface area (Å²) in [5.41, 5.74) is 7.63. The van der Waals surface area contributed by atoms with Gasteiger partial charge in [-0.15, -0.1) is 0 Å². The van der Waals surface area contributed by atoms with Gasteiger partial charge in [-0.2, -0.15) is 0 Å². The number of nitrogens with two attached hydrogens (primary N) is 1. The molecule has 0 bridgehead atoms. The Bertz CT molecular complexity index is 453. The highest BCUT2D eigenvalue weighted by Crippen LogP contribution is 2.23. The molecule has 0 aromatic carbocycles. The number of nitrogens with one attached hydrogen (secondary N) is 1. The predicted molar refractivity (Wildman–Crippen MR) is 56.9 cm³/mol. The number of pyridine rings is 1. The molecule has 2 aromatic rings. The minimum atomic E-state index is 0.337. The molecule has 0 aliphatic heterocycles. The number of hydrogen-bond acceptors (Lipinski definition) is 4. The summed E-state index contributed by atoms with van der Waals surface area (Å²) in [6, 6.07) is 1.90. The topological polar surface area (TPSA) is 73.2 Å². The van der Waals surface area contributed by atoms with Gasteiger partial charge in [-0.05, 0) is 13.0 Å². The second-order valence-corrected chi connectivity index (χ2v) is 3.11. The van der Waals surface area contributed by atoms with Gasteiger partial charge in [-0.25, -0.2) is 9.78 Å². The predicted octanol–water partition coefficient (Wildman–Crippen LogP) is 1.61. The molecule has 0 unspecified atom stereocenters. The van der Waals surface area contributed by atoms with Crippen molar-refractivity contribution >= 4 is 16.7 Å². The van der Waals surface area contributed by atoms with E-state index in [0.717, 1.165) is 16.5 Å². The summed E-state index contributed by atoms with van der Waals surface area (Å²) in [6.07, 6.45) is 3.45. The zero-order valence-corrected chi connectivity index (χ0v) is 8.49. The average Bonchev–Trinajstić information content (AvgIpc) is 2.56. The van der Waals surface area contributed by atoms with Crippen molar-refractivity contribution in [1.82, 2.24) is 9.97 Å². The van der Waals surface area contributed by atoms with Gasteiger partial charge in [0.05, 0.1) is 18.3 Å². The van der Waals surface area contributed by atoms with Crippen LogP contribution in [-0.4, -0.2) is 16.6 Å². The van der Waals surface area contributed by atoms with E-state index in [1.165, 1.54) is 0 Å². The van der Waals surface area contributed by atoms with Gasteiger partial charge in [0.25, 0.3) is 0 Å². The smallest absolute Gasteiger partial charge is 0.111 e. The van der Waals surface area contributed by atoms with Crippen molar-refractivity contribution < 1.29 is 9.78 Å². The normalized spacial score (nSPS) is 11.0. The zero-order chi connectivity index (χ0) is 10.7. The second kappa shape index (κ2) is 4.29. The number of hydrogen-bond donors (Lipinski definition) is 2. The summed E-state index contributed by atoms with van der Waals surface area (Å²) in [6.45, 7) is 2.72. The highest BCUT2D eigenvalue weighted by Gasteiger charge is 2.08. The van der Waals surface area contributed by atoms with E-state index in [2.05, 4.69) is 9.97 Å². The first-order valence-electron chi connectivity index (χ1n) is 4.77. The Balaban J connectivity index is 2.28. The Morgan fingerprint density at radius 1 is 1.47 bits per heavy atom. The lowest BCUT2D eigenvalue weighted by Gasteiger charge is -2.01. The van der Waals surface area contributed by atoms with Gasteiger partial charge in [-0.1, -0.05) is 0 Å². The van der Waals surface area contributed by atoms with Crippen LogP contribution >= 0.6 is 0 Å². The lowest BCUT2D eigenvalue weighted by Crippen LogP contribution is -1.97. The Hall–Kier alpha value is -1.59. The summed E-state index contributed by atoms with van der Waals surface area (Å²) < 4.78 is 0. The molecular formula is C10H13N3O2. The van der Waals surface area contributed by atoms with E-state index in [-0.39, 0.29) is 0 Å². The molecule has 0 aliphatic carbocycles. The van der Waals surface area contributed by atoms with Crippen molar-refractivity contribution in [3.63, 3.8) is 0 Å². The molecule has 15 heavy (non-hydrogen) atoms. The van der Waals surface area contributed by atoms with E-state index in [0.29, 0.717) is 19.0 Å². The maximum Gasteiger partial charge on any atom is 0.111 e. The summed E-state index contributed by atoms with van der Waals surface area (Å²) in [5.74, 6) is 0.595. The number of nitrogens with zero attached hydrogens (tertiary/aromatic N) is 1. The van der Waals surface area contributed by atoms with E-state index in [9.17, 15) is 0 Å². The zero-order valence-electron chi connectivity index (χ0n) is 8.49. The largest absolute Gasteiger partial charge is 0.385 e. The molecule has 0 atom stereocenters. The maximum absolute atomic E-state index is 5.82. The summed E-state index contributed by atoms with van der Waals surface area (Å²) >= 11 is 0. The second-order valence-electron chi connectivity index (χ2n) is 3.11. The molecule has 0 saturated heterocycles. The van der Waals surface area contributed by atoms with E-state index in [4.69, 9.17) is 15.5 Å². The summed E-state index contributed by atoms with van der Waals surface area (Å²) in [7, 11) is 0. The van der Waals surface area contributed by atoms with Gasteiger partial charge in [0.2, 0.25) is 0 Å². The Morgan fingerprint density at radius 3 is 3.13 bits per heavy atom. The molecule has 5 nitrogen and oxygen atoms in total. The number of fused-ring (bicyclic) bond motifs is 1. The standard InChI is InChI=1S/C10H13N3O2/c1-2-14-15-6-8-7-3-4-12-5-9(7)13-10(8)11/h3-5,13H,2,6,11H2,1H3. The third-order valence-electron chi connectivity index (χ3n) is 2.15. The van der Waals surface area contributed by atoms with Crippen LogP contribution < -0.4 is 5.73 Å². The van der Waals surface area contributed by atoms with Crippen LogP contribution in [0, 0.1) is 0 Å². The third-order valence-corrected chi connectivity index (χ3v) is 2.15. The van der Waals surface area contributed by atoms with Gasteiger partial charge < -0.3 is 10.7 Å². The monoisotopic (exact) mass is 207 g/mol. The first-order valence-corrected chi connectivity index (χ1v) is 4.77. The fourth-order valence-electron chi connectivity index (χ4n) is 1.46. The Labute approximate surface area is 87.1 Å². The molecule has 0 spiro atoms. The number of anilines is 1. The van der Waals surface area contributed by atoms with E-state index < -0.39 is 0 Å². The van der Waals surface area contributed by atoms with Crippen LogP contribution in [-0.2, 0) is 16.4 Å². The van der Waals surface area contributed by atoms with Crippen molar-refractivity contribution in [2.45, 2.75) is 13.5 Å². The molecule has 2 aromatic heterocycles. The minimum absolute atomic E-state index is 0.337. The molecular weight excluding hydrogens is 194 g/mol. The van der Waals surface area contributed by atoms with Crippen LogP contribution in [0.2, 0.25) is 0 Å². The fraction of sp³-hybridized carbons (Fsp3) is 0.300. The van der Waals surface area contributed by atoms with Crippen LogP contribution in [0.15, 0.2) is 18.5 Å². The molecule has 0 fully saturated rings. The van der Waals surface area contributed by atoms with Crippen molar-refractivity contribution in [2.24, 2.45) is 0 Å². The molecule has 80 valence electrons. The van der Waals surface area contributed by atoms with Crippen molar-refractivity contribution in [3.05, 3.63) is 24.0 Å². The van der Waals surface area contributed by atoms with Gasteiger partial charge in [-0.3, -0.25) is 4.98 Å². The van der Waals surface area contributed by atoms with Gasteiger partial charge in [0, 0.05) is 17.1 Å². The van der Waals surface area contributed by atoms with Crippen LogP contribution in [0.5, 0.6) is 0 Å². The number of aromatic amines is 1. The van der Waals surface area contributed by atoms with E-state index in [1.54, 1.807) is 12.4 Å². The first-order chi connectivity index (χ1) is 7.33. The summed E-state index contributed by atoms with van der Waals surface area (Å²) in [5, 5.41) is 1.02. The number of nitrogen functional groups attached to an aromatic ring is 1. The summed E-state index contributed by atoms with van der Waals surface area (Å²) in [4.78, 5) is 16.9. The highest BCUT2D eigenvalue weighted by atomic mass is 17.2. The molecule has 3 N–H and O–H groups in total. The quantitative estimate of drug-likeness (QED) is 0.454. The average molecular weight is 207 g/mol. The molecule has 0 saturated carbocycles. The van der Waals surface area contributed by atoms with E-state index >= 15 is 0 Å². The molecule has 0 amide bonds. The molecule has 2 rings (SSSR count). The first kappa shape index (κ1) is 9.95. The van der Waals surface area contributed by atoms with Gasteiger partial charge in [0.15, 0.2) is 0 Å².